The van der Waals surface area contributed by atoms with Crippen molar-refractivity contribution in [1.29, 1.82) is 0 Å². The fourth-order valence-electron chi connectivity index (χ4n) is 2.83. The molecular weight excluding hydrogens is 274 g/mol. The van der Waals surface area contributed by atoms with Crippen LogP contribution in [0.2, 0.25) is 0 Å². The van der Waals surface area contributed by atoms with Crippen LogP contribution in [0.5, 0.6) is 0 Å². The van der Waals surface area contributed by atoms with E-state index in [2.05, 4.69) is 6.92 Å². The Bertz CT molecular complexity index is 284. The molecule has 1 aliphatic heterocycles. The predicted octanol–water partition coefficient (Wildman–Crippen LogP) is 2.37. The third kappa shape index (κ3) is 4.04. The Morgan fingerprint density at radius 1 is 1.05 bits per heavy atom. The molecule has 0 bridgehead atoms. The van der Waals surface area contributed by atoms with Crippen molar-refractivity contribution in [2.24, 2.45) is 0 Å². The first-order chi connectivity index (χ1) is 9.65. The zero-order valence-corrected chi connectivity index (χ0v) is 14.3. The summed E-state index contributed by atoms with van der Waals surface area (Å²) in [5.74, 6) is 0.207. The average Bonchev–Trinajstić information content (AvgIpc) is 2.42. The molecule has 1 atom stereocenters. The molecule has 5 nitrogen and oxygen atoms in total. The molecule has 1 fully saturated rings. The maximum atomic E-state index is 12.2. The van der Waals surface area contributed by atoms with E-state index in [1.807, 2.05) is 25.7 Å². The van der Waals surface area contributed by atoms with Gasteiger partial charge in [0, 0.05) is 32.8 Å². The highest BCUT2D eigenvalue weighted by Gasteiger charge is 2.52. The number of carbonyl (C=O) groups is 1. The van der Waals surface area contributed by atoms with Crippen LogP contribution in [0.25, 0.3) is 0 Å². The van der Waals surface area contributed by atoms with E-state index >= 15 is 0 Å². The van der Waals surface area contributed by atoms with E-state index in [0.29, 0.717) is 26.2 Å². The van der Waals surface area contributed by atoms with E-state index in [1.54, 1.807) is 0 Å². The van der Waals surface area contributed by atoms with Gasteiger partial charge in [0.2, 0.25) is 5.91 Å². The van der Waals surface area contributed by atoms with Crippen LogP contribution in [0.15, 0.2) is 0 Å². The highest BCUT2D eigenvalue weighted by Crippen LogP contribution is 2.26. The van der Waals surface area contributed by atoms with E-state index in [0.717, 1.165) is 25.8 Å². The Hall–Kier alpha value is -0.433. The van der Waals surface area contributed by atoms with Gasteiger partial charge in [0.15, 0.2) is 0 Å². The van der Waals surface area contributed by atoms with Crippen LogP contribution in [0.3, 0.4) is 0 Å². The minimum atomic E-state index is -2.85. The van der Waals surface area contributed by atoms with Crippen LogP contribution in [-0.2, 0) is 18.1 Å². The van der Waals surface area contributed by atoms with Crippen molar-refractivity contribution in [2.45, 2.75) is 59.0 Å². The van der Waals surface area contributed by atoms with E-state index in [4.69, 9.17) is 13.3 Å². The van der Waals surface area contributed by atoms with Gasteiger partial charge < -0.3 is 18.2 Å². The topological polar surface area (TPSA) is 48.0 Å². The quantitative estimate of drug-likeness (QED) is 0.614. The summed E-state index contributed by atoms with van der Waals surface area (Å²) in [5.41, 5.74) is -0.0600. The van der Waals surface area contributed by atoms with E-state index < -0.39 is 8.80 Å². The van der Waals surface area contributed by atoms with Gasteiger partial charge in [-0.3, -0.25) is 4.79 Å². The van der Waals surface area contributed by atoms with Gasteiger partial charge in [0.05, 0.1) is 0 Å². The summed E-state index contributed by atoms with van der Waals surface area (Å²) in [5, 5.41) is 0. The van der Waals surface area contributed by atoms with Gasteiger partial charge in [-0.05, 0) is 40.0 Å². The van der Waals surface area contributed by atoms with Crippen LogP contribution in [0.4, 0.5) is 0 Å². The molecule has 1 saturated heterocycles. The van der Waals surface area contributed by atoms with Crippen molar-refractivity contribution in [3.05, 3.63) is 0 Å². The Morgan fingerprint density at radius 2 is 1.60 bits per heavy atom. The Morgan fingerprint density at radius 3 is 2.00 bits per heavy atom. The van der Waals surface area contributed by atoms with Crippen LogP contribution in [0, 0.1) is 0 Å². The lowest BCUT2D eigenvalue weighted by Gasteiger charge is -2.42. The second-order valence-corrected chi connectivity index (χ2v) is 7.61. The van der Waals surface area contributed by atoms with Crippen molar-refractivity contribution >= 4 is 14.7 Å². The number of rotatable bonds is 9. The Labute approximate surface area is 123 Å². The molecule has 20 heavy (non-hydrogen) atoms. The normalized spacial score (nSPS) is 18.4. The molecule has 0 aromatic heterocycles. The molecule has 1 amide bonds. The highest BCUT2D eigenvalue weighted by molar-refractivity contribution is 6.62. The largest absolute Gasteiger partial charge is 0.524 e. The monoisotopic (exact) mass is 303 g/mol. The smallest absolute Gasteiger partial charge is 0.373 e. The van der Waals surface area contributed by atoms with Crippen molar-refractivity contribution in [2.75, 3.05) is 26.4 Å². The van der Waals surface area contributed by atoms with E-state index in [9.17, 15) is 4.79 Å². The standard InChI is InChI=1S/C14H29NO4Si/c1-5-14(15-12-10-9-11-13(15)16)20(17-6-2,18-7-3)19-8-4/h14H,5-12H2,1-4H3. The number of nitrogens with zero attached hydrogens (tertiary/aromatic N) is 1. The van der Waals surface area contributed by atoms with Gasteiger partial charge in [0.1, 0.15) is 5.67 Å². The fourth-order valence-corrected chi connectivity index (χ4v) is 6.02. The van der Waals surface area contributed by atoms with E-state index in [1.165, 1.54) is 0 Å². The molecule has 6 heteroatoms. The molecule has 1 rings (SSSR count). The van der Waals surface area contributed by atoms with Crippen LogP contribution < -0.4 is 0 Å². The molecule has 1 unspecified atom stereocenters. The lowest BCUT2D eigenvalue weighted by Crippen LogP contribution is -2.64. The second kappa shape index (κ2) is 8.77. The van der Waals surface area contributed by atoms with Crippen molar-refractivity contribution in [1.82, 2.24) is 4.90 Å². The average molecular weight is 303 g/mol. The summed E-state index contributed by atoms with van der Waals surface area (Å²) < 4.78 is 17.9. The minimum Gasteiger partial charge on any atom is -0.373 e. The van der Waals surface area contributed by atoms with Crippen LogP contribution in [0.1, 0.15) is 53.4 Å². The summed E-state index contributed by atoms with van der Waals surface area (Å²) in [6.45, 7) is 10.4. The molecular formula is C14H29NO4Si. The summed E-state index contributed by atoms with van der Waals surface area (Å²) in [7, 11) is -2.85. The number of likely N-dealkylation sites (tertiary alicyclic amines) is 1. The van der Waals surface area contributed by atoms with Crippen LogP contribution >= 0.6 is 0 Å². The summed E-state index contributed by atoms with van der Waals surface area (Å²) in [4.78, 5) is 14.2. The Balaban J connectivity index is 3.00. The Kier molecular flexibility index (Phi) is 7.72. The van der Waals surface area contributed by atoms with Gasteiger partial charge in [-0.1, -0.05) is 6.92 Å². The summed E-state index contributed by atoms with van der Waals surface area (Å²) >= 11 is 0. The number of hydrogen-bond donors (Lipinski definition) is 0. The molecule has 0 aliphatic carbocycles. The molecule has 0 aromatic rings. The fraction of sp³-hybridized carbons (Fsp3) is 0.929. The zero-order chi connectivity index (χ0) is 15.0. The van der Waals surface area contributed by atoms with Gasteiger partial charge in [-0.2, -0.15) is 0 Å². The minimum absolute atomic E-state index is 0.0600. The lowest BCUT2D eigenvalue weighted by atomic mass is 10.1. The number of carbonyl (C=O) groups excluding carboxylic acids is 1. The molecule has 0 saturated carbocycles. The van der Waals surface area contributed by atoms with Gasteiger partial charge in [-0.25, -0.2) is 0 Å². The lowest BCUT2D eigenvalue weighted by molar-refractivity contribution is -0.136. The maximum absolute atomic E-state index is 12.2. The van der Waals surface area contributed by atoms with Crippen molar-refractivity contribution in [3.8, 4) is 0 Å². The van der Waals surface area contributed by atoms with E-state index in [-0.39, 0.29) is 11.6 Å². The number of hydrogen-bond acceptors (Lipinski definition) is 4. The molecule has 1 heterocycles. The third-order valence-electron chi connectivity index (χ3n) is 3.57. The first kappa shape index (κ1) is 17.6. The molecule has 0 spiro atoms. The maximum Gasteiger partial charge on any atom is 0.524 e. The van der Waals surface area contributed by atoms with Gasteiger partial charge in [0.25, 0.3) is 0 Å². The van der Waals surface area contributed by atoms with Crippen LogP contribution in [-0.4, -0.2) is 51.6 Å². The summed E-state index contributed by atoms with van der Waals surface area (Å²) in [6, 6.07) is 0. The molecule has 0 N–H and O–H groups in total. The highest BCUT2D eigenvalue weighted by atomic mass is 28.4. The van der Waals surface area contributed by atoms with Gasteiger partial charge in [-0.15, -0.1) is 0 Å². The first-order valence-corrected chi connectivity index (χ1v) is 9.66. The second-order valence-electron chi connectivity index (χ2n) is 4.87. The molecule has 0 radical (unpaired) electrons. The first-order valence-electron chi connectivity index (χ1n) is 7.86. The van der Waals surface area contributed by atoms with Gasteiger partial charge >= 0.3 is 8.80 Å². The molecule has 0 aromatic carbocycles. The number of amides is 1. The number of piperidine rings is 1. The van der Waals surface area contributed by atoms with Crippen molar-refractivity contribution in [3.63, 3.8) is 0 Å². The molecule has 1 aliphatic rings. The van der Waals surface area contributed by atoms with Crippen molar-refractivity contribution < 1.29 is 18.1 Å². The predicted molar refractivity (Wildman–Crippen MR) is 80.3 cm³/mol. The SMILES string of the molecule is CCO[Si](OCC)(OCC)C(CC)N1CCCCC1=O. The third-order valence-corrected chi connectivity index (χ3v) is 7.18. The summed E-state index contributed by atoms with van der Waals surface area (Å²) in [6.07, 6.45) is 3.47. The zero-order valence-electron chi connectivity index (χ0n) is 13.3. The molecule has 118 valence electrons.